The maximum Gasteiger partial charge on any atom is 0.234 e. The lowest BCUT2D eigenvalue weighted by molar-refractivity contribution is -0.113. The monoisotopic (exact) mass is 544 g/mol. The number of thioether (sulfide) groups is 1. The summed E-state index contributed by atoms with van der Waals surface area (Å²) >= 11 is 4.20. The Morgan fingerprint density at radius 3 is 2.53 bits per heavy atom. The smallest absolute Gasteiger partial charge is 0.234 e. The number of carbonyl (C=O) groups excluding carboxylic acids is 1. The van der Waals surface area contributed by atoms with E-state index in [0.717, 1.165) is 29.1 Å². The summed E-state index contributed by atoms with van der Waals surface area (Å²) in [5, 5.41) is 11.4. The summed E-state index contributed by atoms with van der Waals surface area (Å²) < 4.78 is 35.1. The van der Waals surface area contributed by atoms with Crippen molar-refractivity contribution in [1.29, 1.82) is 0 Å². The van der Waals surface area contributed by atoms with E-state index in [9.17, 15) is 13.6 Å². The molecule has 0 saturated carbocycles. The number of nitrogens with one attached hydrogen (secondary N) is 1. The zero-order chi connectivity index (χ0) is 24.1. The summed E-state index contributed by atoms with van der Waals surface area (Å²) in [6, 6.07) is 18.9. The number of aryl methyl sites for hydroxylation is 1. The van der Waals surface area contributed by atoms with Gasteiger partial charge in [0.25, 0.3) is 0 Å². The molecule has 0 unspecified atom stereocenters. The number of aromatic nitrogens is 3. The molecule has 0 fully saturated rings. The van der Waals surface area contributed by atoms with Gasteiger partial charge in [0.15, 0.2) is 16.8 Å². The van der Waals surface area contributed by atoms with Crippen LogP contribution in [0, 0.1) is 18.6 Å². The van der Waals surface area contributed by atoms with Crippen molar-refractivity contribution in [2.45, 2.75) is 18.7 Å². The van der Waals surface area contributed by atoms with Gasteiger partial charge in [-0.3, -0.25) is 9.36 Å². The molecule has 3 aromatic carbocycles. The number of para-hydroxylation sites is 1. The average molecular weight is 545 g/mol. The second kappa shape index (κ2) is 10.8. The first-order valence-electron chi connectivity index (χ1n) is 10.2. The maximum absolute atomic E-state index is 14.0. The molecule has 4 aromatic rings. The zero-order valence-corrected chi connectivity index (χ0v) is 20.4. The molecule has 1 heterocycles. The van der Waals surface area contributed by atoms with Crippen LogP contribution in [-0.2, 0) is 11.4 Å². The highest BCUT2D eigenvalue weighted by molar-refractivity contribution is 9.10. The Morgan fingerprint density at radius 1 is 1.09 bits per heavy atom. The number of hydrogen-bond donors (Lipinski definition) is 1. The molecule has 34 heavy (non-hydrogen) atoms. The molecule has 174 valence electrons. The van der Waals surface area contributed by atoms with Gasteiger partial charge in [-0.1, -0.05) is 47.7 Å². The Balaban J connectivity index is 1.50. The van der Waals surface area contributed by atoms with Gasteiger partial charge in [0.1, 0.15) is 18.2 Å². The number of anilines is 1. The van der Waals surface area contributed by atoms with Crippen molar-refractivity contribution < 1.29 is 18.3 Å². The highest BCUT2D eigenvalue weighted by atomic mass is 79.9. The molecule has 0 saturated heterocycles. The van der Waals surface area contributed by atoms with Gasteiger partial charge in [-0.05, 0) is 53.2 Å². The molecule has 6 nitrogen and oxygen atoms in total. The van der Waals surface area contributed by atoms with Gasteiger partial charge >= 0.3 is 0 Å². The van der Waals surface area contributed by atoms with Crippen molar-refractivity contribution in [3.8, 4) is 11.4 Å². The minimum absolute atomic E-state index is 0.0625. The second-order valence-electron chi connectivity index (χ2n) is 7.25. The molecule has 1 amide bonds. The third-order valence-electron chi connectivity index (χ3n) is 4.71. The van der Waals surface area contributed by atoms with Gasteiger partial charge < -0.3 is 10.1 Å². The molecule has 0 radical (unpaired) electrons. The van der Waals surface area contributed by atoms with Crippen molar-refractivity contribution in [3.63, 3.8) is 0 Å². The van der Waals surface area contributed by atoms with E-state index in [0.29, 0.717) is 22.8 Å². The number of nitrogens with zero attached hydrogens (tertiary/aromatic N) is 3. The SMILES string of the molecule is Cc1ccc(OCc2nnc(SCC(=O)Nc3c(F)cc(F)cc3Br)n2-c2ccccc2)cc1. The van der Waals surface area contributed by atoms with Crippen LogP contribution in [0.3, 0.4) is 0 Å². The molecule has 0 aliphatic carbocycles. The highest BCUT2D eigenvalue weighted by Gasteiger charge is 2.18. The van der Waals surface area contributed by atoms with Crippen molar-refractivity contribution >= 4 is 39.3 Å². The molecule has 1 aromatic heterocycles. The first-order valence-corrected chi connectivity index (χ1v) is 11.9. The second-order valence-corrected chi connectivity index (χ2v) is 9.05. The Hall–Kier alpha value is -3.24. The number of benzene rings is 3. The van der Waals surface area contributed by atoms with Crippen LogP contribution in [-0.4, -0.2) is 26.4 Å². The van der Waals surface area contributed by atoms with E-state index in [2.05, 4.69) is 31.4 Å². The fraction of sp³-hybridized carbons (Fsp3) is 0.125. The fourth-order valence-electron chi connectivity index (χ4n) is 3.07. The van der Waals surface area contributed by atoms with Gasteiger partial charge in [0.2, 0.25) is 5.91 Å². The lowest BCUT2D eigenvalue weighted by Crippen LogP contribution is -2.16. The van der Waals surface area contributed by atoms with Crippen molar-refractivity contribution in [1.82, 2.24) is 14.8 Å². The normalized spacial score (nSPS) is 10.8. The third-order valence-corrected chi connectivity index (χ3v) is 6.26. The minimum Gasteiger partial charge on any atom is -0.486 e. The van der Waals surface area contributed by atoms with E-state index < -0.39 is 17.5 Å². The molecule has 0 bridgehead atoms. The highest BCUT2D eigenvalue weighted by Crippen LogP contribution is 2.28. The summed E-state index contributed by atoms with van der Waals surface area (Å²) in [4.78, 5) is 12.5. The van der Waals surface area contributed by atoms with Crippen molar-refractivity contribution in [2.75, 3.05) is 11.1 Å². The van der Waals surface area contributed by atoms with Gasteiger partial charge in [-0.25, -0.2) is 8.78 Å². The van der Waals surface area contributed by atoms with Crippen LogP contribution in [0.5, 0.6) is 5.75 Å². The Morgan fingerprint density at radius 2 is 1.82 bits per heavy atom. The topological polar surface area (TPSA) is 69.0 Å². The molecular weight excluding hydrogens is 526 g/mol. The van der Waals surface area contributed by atoms with E-state index in [-0.39, 0.29) is 22.5 Å². The molecule has 0 spiro atoms. The van der Waals surface area contributed by atoms with E-state index in [4.69, 9.17) is 4.74 Å². The standard InChI is InChI=1S/C24H19BrF2N4O2S/c1-15-7-9-18(10-8-15)33-13-21-29-30-24(31(21)17-5-3-2-4-6-17)34-14-22(32)28-23-19(25)11-16(26)12-20(23)27/h2-12H,13-14H2,1H3,(H,28,32). The van der Waals surface area contributed by atoms with Crippen LogP contribution in [0.25, 0.3) is 5.69 Å². The van der Waals surface area contributed by atoms with Crippen molar-refractivity contribution in [3.05, 3.63) is 94.2 Å². The quantitative estimate of drug-likeness (QED) is 0.278. The number of carbonyl (C=O) groups is 1. The van der Waals surface area contributed by atoms with Crippen LogP contribution < -0.4 is 10.1 Å². The predicted molar refractivity (Wildman–Crippen MR) is 130 cm³/mol. The summed E-state index contributed by atoms with van der Waals surface area (Å²) in [6.45, 7) is 2.17. The van der Waals surface area contributed by atoms with E-state index in [1.807, 2.05) is 61.5 Å². The van der Waals surface area contributed by atoms with Gasteiger partial charge in [-0.15, -0.1) is 10.2 Å². The lowest BCUT2D eigenvalue weighted by Gasteiger charge is -2.12. The number of amides is 1. The minimum atomic E-state index is -0.867. The molecule has 10 heteroatoms. The lowest BCUT2D eigenvalue weighted by atomic mass is 10.2. The van der Waals surface area contributed by atoms with E-state index in [1.165, 1.54) is 0 Å². The largest absolute Gasteiger partial charge is 0.486 e. The van der Waals surface area contributed by atoms with Crippen LogP contribution >= 0.6 is 27.7 Å². The Labute approximate surface area is 207 Å². The summed E-state index contributed by atoms with van der Waals surface area (Å²) in [6.07, 6.45) is 0. The van der Waals surface area contributed by atoms with E-state index >= 15 is 0 Å². The summed E-state index contributed by atoms with van der Waals surface area (Å²) in [7, 11) is 0. The predicted octanol–water partition coefficient (Wildman–Crippen LogP) is 5.93. The number of halogens is 3. The number of rotatable bonds is 8. The Kier molecular flexibility index (Phi) is 7.59. The van der Waals surface area contributed by atoms with Crippen LogP contribution in [0.4, 0.5) is 14.5 Å². The molecule has 0 aliphatic heterocycles. The number of hydrogen-bond acceptors (Lipinski definition) is 5. The van der Waals surface area contributed by atoms with Crippen LogP contribution in [0.2, 0.25) is 0 Å². The molecule has 0 aliphatic rings. The first kappa shape index (κ1) is 23.9. The first-order chi connectivity index (χ1) is 16.4. The molecule has 0 atom stereocenters. The zero-order valence-electron chi connectivity index (χ0n) is 18.0. The Bertz CT molecular complexity index is 1280. The maximum atomic E-state index is 14.0. The van der Waals surface area contributed by atoms with Crippen LogP contribution in [0.1, 0.15) is 11.4 Å². The van der Waals surface area contributed by atoms with E-state index in [1.54, 1.807) is 4.57 Å². The summed E-state index contributed by atoms with van der Waals surface area (Å²) in [5.41, 5.74) is 1.82. The summed E-state index contributed by atoms with van der Waals surface area (Å²) in [5.74, 6) is -0.888. The van der Waals surface area contributed by atoms with Gasteiger partial charge in [0.05, 0.1) is 11.4 Å². The number of ether oxygens (including phenoxy) is 1. The average Bonchev–Trinajstić information content (AvgIpc) is 3.23. The fourth-order valence-corrected chi connectivity index (χ4v) is 4.35. The third kappa shape index (κ3) is 5.81. The molecular formula is C24H19BrF2N4O2S. The van der Waals surface area contributed by atoms with Crippen LogP contribution in [0.15, 0.2) is 76.4 Å². The molecule has 1 N–H and O–H groups in total. The van der Waals surface area contributed by atoms with Crippen molar-refractivity contribution in [2.24, 2.45) is 0 Å². The van der Waals surface area contributed by atoms with Gasteiger partial charge in [0, 0.05) is 16.2 Å². The molecule has 4 rings (SSSR count). The van der Waals surface area contributed by atoms with Gasteiger partial charge in [-0.2, -0.15) is 0 Å².